The molecule has 2 nitrogen and oxygen atoms in total. The number of nitrogens with two attached hydrogens (primary N) is 1. The molecule has 0 saturated heterocycles. The first-order valence-electron chi connectivity index (χ1n) is 6.55. The van der Waals surface area contributed by atoms with E-state index in [0.29, 0.717) is 11.7 Å². The van der Waals surface area contributed by atoms with Gasteiger partial charge in [0.1, 0.15) is 0 Å². The van der Waals surface area contributed by atoms with Gasteiger partial charge in [-0.3, -0.25) is 4.79 Å². The molecule has 1 aromatic carbocycles. The number of benzene rings is 1. The number of carbonyl (C=O) groups excluding carboxylic acids is 1. The van der Waals surface area contributed by atoms with E-state index in [1.54, 1.807) is 0 Å². The van der Waals surface area contributed by atoms with Gasteiger partial charge in [0.15, 0.2) is 5.78 Å². The summed E-state index contributed by atoms with van der Waals surface area (Å²) in [5.41, 5.74) is 8.43. The monoisotopic (exact) mass is 229 g/mol. The van der Waals surface area contributed by atoms with Crippen LogP contribution in [0.3, 0.4) is 0 Å². The Hall–Kier alpha value is -1.31. The van der Waals surface area contributed by atoms with Crippen LogP contribution >= 0.6 is 0 Å². The van der Waals surface area contributed by atoms with Crippen molar-refractivity contribution in [3.63, 3.8) is 0 Å². The van der Waals surface area contributed by atoms with Crippen molar-refractivity contribution in [1.82, 2.24) is 0 Å². The van der Waals surface area contributed by atoms with Crippen LogP contribution in [0.1, 0.15) is 41.6 Å². The van der Waals surface area contributed by atoms with Crippen LogP contribution in [-0.4, -0.2) is 5.78 Å². The van der Waals surface area contributed by atoms with Crippen LogP contribution in [0.5, 0.6) is 0 Å². The van der Waals surface area contributed by atoms with Gasteiger partial charge in [-0.2, -0.15) is 0 Å². The van der Waals surface area contributed by atoms with Crippen molar-refractivity contribution in [2.45, 2.75) is 32.6 Å². The number of aryl methyl sites for hydroxylation is 1. The van der Waals surface area contributed by atoms with Crippen LogP contribution in [0, 0.1) is 24.7 Å². The third kappa shape index (κ3) is 1.76. The summed E-state index contributed by atoms with van der Waals surface area (Å²) in [5, 5.41) is 0. The number of nitrogen functional groups attached to an aromatic ring is 1. The second kappa shape index (κ2) is 3.86. The lowest BCUT2D eigenvalue weighted by atomic mass is 9.83. The van der Waals surface area contributed by atoms with Crippen molar-refractivity contribution in [1.29, 1.82) is 0 Å². The smallest absolute Gasteiger partial charge is 0.166 e. The molecule has 0 spiro atoms. The number of carbonyl (C=O) groups is 1. The summed E-state index contributed by atoms with van der Waals surface area (Å²) >= 11 is 0. The third-order valence-electron chi connectivity index (χ3n) is 4.63. The topological polar surface area (TPSA) is 43.1 Å². The molecule has 0 aliphatic heterocycles. The molecule has 0 amide bonds. The molecule has 3 unspecified atom stereocenters. The lowest BCUT2D eigenvalue weighted by Crippen LogP contribution is -2.21. The highest BCUT2D eigenvalue weighted by Crippen LogP contribution is 2.49. The lowest BCUT2D eigenvalue weighted by Gasteiger charge is -2.20. The number of ketones is 1. The first-order chi connectivity index (χ1) is 8.15. The van der Waals surface area contributed by atoms with E-state index in [2.05, 4.69) is 0 Å². The molecule has 2 N–H and O–H groups in total. The van der Waals surface area contributed by atoms with Crippen LogP contribution < -0.4 is 5.73 Å². The highest BCUT2D eigenvalue weighted by Gasteiger charge is 2.43. The summed E-state index contributed by atoms with van der Waals surface area (Å²) in [6.45, 7) is 1.97. The quantitative estimate of drug-likeness (QED) is 0.625. The second-order valence-corrected chi connectivity index (χ2v) is 5.72. The van der Waals surface area contributed by atoms with Gasteiger partial charge in [-0.1, -0.05) is 6.42 Å². The van der Waals surface area contributed by atoms with E-state index in [0.717, 1.165) is 29.2 Å². The minimum absolute atomic E-state index is 0.289. The number of rotatable bonds is 2. The van der Waals surface area contributed by atoms with E-state index in [1.165, 1.54) is 19.3 Å². The Morgan fingerprint density at radius 1 is 1.29 bits per heavy atom. The van der Waals surface area contributed by atoms with E-state index in [4.69, 9.17) is 5.73 Å². The molecule has 0 heterocycles. The molecule has 2 fully saturated rings. The SMILES string of the molecule is Cc1cc(C(=O)C2CC3CCC2C3)ccc1N. The minimum atomic E-state index is 0.289. The summed E-state index contributed by atoms with van der Waals surface area (Å²) < 4.78 is 0. The fourth-order valence-corrected chi connectivity index (χ4v) is 3.61. The Bertz CT molecular complexity index is 466. The number of Topliss-reactive ketones (excluding diaryl/α,β-unsaturated/α-hetero) is 1. The molecular formula is C15H19NO. The first-order valence-corrected chi connectivity index (χ1v) is 6.55. The van der Waals surface area contributed by atoms with Gasteiger partial charge in [0.05, 0.1) is 0 Å². The maximum Gasteiger partial charge on any atom is 0.166 e. The van der Waals surface area contributed by atoms with Gasteiger partial charge in [-0.15, -0.1) is 0 Å². The van der Waals surface area contributed by atoms with Crippen molar-refractivity contribution < 1.29 is 4.79 Å². The van der Waals surface area contributed by atoms with Crippen molar-refractivity contribution in [3.05, 3.63) is 29.3 Å². The average molecular weight is 229 g/mol. The summed E-state index contributed by atoms with van der Waals surface area (Å²) in [5.74, 6) is 2.12. The second-order valence-electron chi connectivity index (χ2n) is 5.72. The Labute approximate surface area is 102 Å². The van der Waals surface area contributed by atoms with Gasteiger partial charge in [0.25, 0.3) is 0 Å². The lowest BCUT2D eigenvalue weighted by molar-refractivity contribution is 0.0874. The normalized spacial score (nSPS) is 30.8. The van der Waals surface area contributed by atoms with Gasteiger partial charge in [-0.05, 0) is 61.8 Å². The molecule has 2 saturated carbocycles. The molecule has 17 heavy (non-hydrogen) atoms. The molecule has 0 aromatic heterocycles. The Morgan fingerprint density at radius 3 is 2.71 bits per heavy atom. The van der Waals surface area contributed by atoms with Gasteiger partial charge in [0.2, 0.25) is 0 Å². The number of fused-ring (bicyclic) bond motifs is 2. The largest absolute Gasteiger partial charge is 0.399 e. The molecule has 3 atom stereocenters. The first kappa shape index (κ1) is 10.8. The van der Waals surface area contributed by atoms with Crippen molar-refractivity contribution in [2.24, 2.45) is 17.8 Å². The average Bonchev–Trinajstić information content (AvgIpc) is 2.93. The molecule has 2 aliphatic carbocycles. The Morgan fingerprint density at radius 2 is 2.12 bits per heavy atom. The van der Waals surface area contributed by atoms with Crippen LogP contribution in [0.4, 0.5) is 5.69 Å². The highest BCUT2D eigenvalue weighted by molar-refractivity contribution is 5.98. The summed E-state index contributed by atoms with van der Waals surface area (Å²) in [6, 6.07) is 5.69. The zero-order valence-corrected chi connectivity index (χ0v) is 10.3. The minimum Gasteiger partial charge on any atom is -0.399 e. The number of hydrogen-bond acceptors (Lipinski definition) is 2. The molecular weight excluding hydrogens is 210 g/mol. The number of hydrogen-bond donors (Lipinski definition) is 1. The van der Waals surface area contributed by atoms with Crippen LogP contribution in [0.15, 0.2) is 18.2 Å². The van der Waals surface area contributed by atoms with E-state index in [9.17, 15) is 4.79 Å². The predicted molar refractivity (Wildman–Crippen MR) is 68.9 cm³/mol. The van der Waals surface area contributed by atoms with Crippen LogP contribution in [0.2, 0.25) is 0 Å². The molecule has 3 rings (SSSR count). The van der Waals surface area contributed by atoms with E-state index in [-0.39, 0.29) is 5.92 Å². The van der Waals surface area contributed by atoms with E-state index in [1.807, 2.05) is 25.1 Å². The van der Waals surface area contributed by atoms with Gasteiger partial charge >= 0.3 is 0 Å². The maximum absolute atomic E-state index is 12.5. The Balaban J connectivity index is 1.84. The van der Waals surface area contributed by atoms with Gasteiger partial charge in [0, 0.05) is 17.2 Å². The van der Waals surface area contributed by atoms with E-state index < -0.39 is 0 Å². The molecule has 2 heteroatoms. The summed E-state index contributed by atoms with van der Waals surface area (Å²) in [4.78, 5) is 12.5. The molecule has 2 aliphatic rings. The summed E-state index contributed by atoms with van der Waals surface area (Å²) in [7, 11) is 0. The molecule has 90 valence electrons. The molecule has 1 aromatic rings. The van der Waals surface area contributed by atoms with Gasteiger partial charge < -0.3 is 5.73 Å². The third-order valence-corrected chi connectivity index (χ3v) is 4.63. The van der Waals surface area contributed by atoms with Crippen LogP contribution in [-0.2, 0) is 0 Å². The summed E-state index contributed by atoms with van der Waals surface area (Å²) in [6.07, 6.45) is 5.00. The maximum atomic E-state index is 12.5. The van der Waals surface area contributed by atoms with E-state index >= 15 is 0 Å². The fourth-order valence-electron chi connectivity index (χ4n) is 3.61. The number of anilines is 1. The molecule has 0 radical (unpaired) electrons. The van der Waals surface area contributed by atoms with Crippen molar-refractivity contribution in [2.75, 3.05) is 5.73 Å². The van der Waals surface area contributed by atoms with Gasteiger partial charge in [-0.25, -0.2) is 0 Å². The zero-order chi connectivity index (χ0) is 12.0. The highest BCUT2D eigenvalue weighted by atomic mass is 16.1. The van der Waals surface area contributed by atoms with Crippen molar-refractivity contribution in [3.8, 4) is 0 Å². The standard InChI is InChI=1S/C15H19NO/c1-9-6-12(4-5-14(9)16)15(17)13-8-10-2-3-11(13)7-10/h4-6,10-11,13H,2-3,7-8,16H2,1H3. The van der Waals surface area contributed by atoms with Crippen LogP contribution in [0.25, 0.3) is 0 Å². The molecule has 2 bridgehead atoms. The zero-order valence-electron chi connectivity index (χ0n) is 10.3. The Kier molecular flexibility index (Phi) is 2.46. The predicted octanol–water partition coefficient (Wildman–Crippen LogP) is 3.20. The fraction of sp³-hybridized carbons (Fsp3) is 0.533. The van der Waals surface area contributed by atoms with Crippen molar-refractivity contribution >= 4 is 11.5 Å².